The zero-order valence-electron chi connectivity index (χ0n) is 8.21. The van der Waals surface area contributed by atoms with Crippen molar-refractivity contribution in [2.45, 2.75) is 44.6 Å². The summed E-state index contributed by atoms with van der Waals surface area (Å²) in [7, 11) is 0. The maximum absolute atomic E-state index is 9.16. The topological polar surface area (TPSA) is 27.0 Å². The van der Waals surface area contributed by atoms with Crippen molar-refractivity contribution in [3.63, 3.8) is 0 Å². The fourth-order valence-corrected chi connectivity index (χ4v) is 2.78. The van der Waals surface area contributed by atoms with Gasteiger partial charge in [0.2, 0.25) is 0 Å². The number of rotatable bonds is 2. The van der Waals surface area contributed by atoms with Gasteiger partial charge in [-0.15, -0.1) is 0 Å². The average molecular weight is 178 g/mol. The first-order valence-electron chi connectivity index (χ1n) is 5.55. The quantitative estimate of drug-likeness (QED) is 0.648. The zero-order valence-corrected chi connectivity index (χ0v) is 8.21. The first-order chi connectivity index (χ1) is 6.42. The smallest absolute Gasteiger partial charge is 0.101 e. The third-order valence-electron chi connectivity index (χ3n) is 3.51. The van der Waals surface area contributed by atoms with Crippen molar-refractivity contribution in [2.75, 3.05) is 13.1 Å². The van der Waals surface area contributed by atoms with Crippen molar-refractivity contribution < 1.29 is 0 Å². The van der Waals surface area contributed by atoms with Crippen LogP contribution in [0.3, 0.4) is 0 Å². The standard InChI is InChI=1S/C11H18N2/c12-9-11(10-5-1-2-6-10)13-7-3-4-8-13/h10-11H,1-8H2. The molecule has 0 bridgehead atoms. The van der Waals surface area contributed by atoms with E-state index in [-0.39, 0.29) is 6.04 Å². The Morgan fingerprint density at radius 2 is 1.69 bits per heavy atom. The van der Waals surface area contributed by atoms with E-state index in [2.05, 4.69) is 11.0 Å². The van der Waals surface area contributed by atoms with E-state index in [0.29, 0.717) is 5.92 Å². The van der Waals surface area contributed by atoms with E-state index in [1.807, 2.05) is 0 Å². The van der Waals surface area contributed by atoms with Gasteiger partial charge in [0, 0.05) is 0 Å². The van der Waals surface area contributed by atoms with Gasteiger partial charge in [0.25, 0.3) is 0 Å². The second-order valence-corrected chi connectivity index (χ2v) is 4.36. The molecule has 2 rings (SSSR count). The van der Waals surface area contributed by atoms with Crippen LogP contribution in [-0.2, 0) is 0 Å². The molecule has 0 aromatic heterocycles. The molecule has 13 heavy (non-hydrogen) atoms. The highest BCUT2D eigenvalue weighted by Crippen LogP contribution is 2.31. The van der Waals surface area contributed by atoms with Crippen LogP contribution >= 0.6 is 0 Å². The lowest BCUT2D eigenvalue weighted by molar-refractivity contribution is 0.222. The van der Waals surface area contributed by atoms with Crippen LogP contribution < -0.4 is 0 Å². The molecule has 0 aromatic carbocycles. The molecule has 2 aliphatic rings. The lowest BCUT2D eigenvalue weighted by Gasteiger charge is -2.26. The van der Waals surface area contributed by atoms with E-state index in [4.69, 9.17) is 5.26 Å². The predicted molar refractivity (Wildman–Crippen MR) is 52.2 cm³/mol. The monoisotopic (exact) mass is 178 g/mol. The molecule has 0 N–H and O–H groups in total. The van der Waals surface area contributed by atoms with E-state index >= 15 is 0 Å². The summed E-state index contributed by atoms with van der Waals surface area (Å²) < 4.78 is 0. The van der Waals surface area contributed by atoms with Crippen LogP contribution in [0.25, 0.3) is 0 Å². The lowest BCUT2D eigenvalue weighted by atomic mass is 9.98. The molecule has 1 unspecified atom stereocenters. The molecule has 1 heterocycles. The Balaban J connectivity index is 1.95. The molecule has 1 atom stereocenters. The number of nitriles is 1. The number of likely N-dealkylation sites (tertiary alicyclic amines) is 1. The first kappa shape index (κ1) is 9.02. The van der Waals surface area contributed by atoms with Gasteiger partial charge in [-0.1, -0.05) is 12.8 Å². The Morgan fingerprint density at radius 3 is 2.23 bits per heavy atom. The fourth-order valence-electron chi connectivity index (χ4n) is 2.78. The molecule has 1 aliphatic heterocycles. The van der Waals surface area contributed by atoms with Gasteiger partial charge in [-0.05, 0) is 44.7 Å². The van der Waals surface area contributed by atoms with Crippen LogP contribution in [-0.4, -0.2) is 24.0 Å². The van der Waals surface area contributed by atoms with Crippen LogP contribution in [0.2, 0.25) is 0 Å². The molecule has 1 saturated heterocycles. The van der Waals surface area contributed by atoms with Crippen molar-refractivity contribution in [3.05, 3.63) is 0 Å². The van der Waals surface area contributed by atoms with Gasteiger partial charge in [-0.2, -0.15) is 5.26 Å². The SMILES string of the molecule is N#CC(C1CCCC1)N1CCCC1. The van der Waals surface area contributed by atoms with Crippen molar-refractivity contribution in [2.24, 2.45) is 5.92 Å². The molecule has 0 radical (unpaired) electrons. The van der Waals surface area contributed by atoms with E-state index < -0.39 is 0 Å². The van der Waals surface area contributed by atoms with Crippen LogP contribution in [0.5, 0.6) is 0 Å². The maximum atomic E-state index is 9.16. The Kier molecular flexibility index (Phi) is 2.85. The summed E-state index contributed by atoms with van der Waals surface area (Å²) in [6.07, 6.45) is 7.85. The Hall–Kier alpha value is -0.550. The molecular formula is C11H18N2. The van der Waals surface area contributed by atoms with Crippen LogP contribution in [0.4, 0.5) is 0 Å². The predicted octanol–water partition coefficient (Wildman–Crippen LogP) is 2.16. The minimum Gasteiger partial charge on any atom is -0.288 e. The third-order valence-corrected chi connectivity index (χ3v) is 3.51. The van der Waals surface area contributed by atoms with Gasteiger partial charge in [0.1, 0.15) is 6.04 Å². The van der Waals surface area contributed by atoms with Crippen LogP contribution in [0.15, 0.2) is 0 Å². The number of hydrogen-bond acceptors (Lipinski definition) is 2. The summed E-state index contributed by atoms with van der Waals surface area (Å²) in [6, 6.07) is 2.75. The van der Waals surface area contributed by atoms with Crippen molar-refractivity contribution in [1.82, 2.24) is 4.90 Å². The van der Waals surface area contributed by atoms with Gasteiger partial charge < -0.3 is 0 Å². The van der Waals surface area contributed by atoms with E-state index in [1.54, 1.807) is 0 Å². The molecule has 2 heteroatoms. The molecule has 72 valence electrons. The van der Waals surface area contributed by atoms with Gasteiger partial charge in [-0.3, -0.25) is 4.90 Å². The normalized spacial score (nSPS) is 27.6. The van der Waals surface area contributed by atoms with Gasteiger partial charge in [-0.25, -0.2) is 0 Å². The average Bonchev–Trinajstić information content (AvgIpc) is 2.76. The molecule has 0 spiro atoms. The van der Waals surface area contributed by atoms with Gasteiger partial charge >= 0.3 is 0 Å². The van der Waals surface area contributed by atoms with Crippen LogP contribution in [0.1, 0.15) is 38.5 Å². The third kappa shape index (κ3) is 1.86. The van der Waals surface area contributed by atoms with E-state index in [0.717, 1.165) is 13.1 Å². The molecule has 1 saturated carbocycles. The summed E-state index contributed by atoms with van der Waals surface area (Å²) in [4.78, 5) is 2.40. The second-order valence-electron chi connectivity index (χ2n) is 4.36. The highest BCUT2D eigenvalue weighted by molar-refractivity contribution is 4.99. The Bertz CT molecular complexity index is 179. The Morgan fingerprint density at radius 1 is 1.08 bits per heavy atom. The van der Waals surface area contributed by atoms with Crippen molar-refractivity contribution in [3.8, 4) is 6.07 Å². The largest absolute Gasteiger partial charge is 0.288 e. The minimum absolute atomic E-state index is 0.241. The van der Waals surface area contributed by atoms with Gasteiger partial charge in [0.05, 0.1) is 6.07 Å². The fraction of sp³-hybridized carbons (Fsp3) is 0.909. The molecule has 0 aromatic rings. The summed E-state index contributed by atoms with van der Waals surface area (Å²) >= 11 is 0. The lowest BCUT2D eigenvalue weighted by Crippen LogP contribution is -2.36. The summed E-state index contributed by atoms with van der Waals surface area (Å²) in [5, 5.41) is 9.16. The van der Waals surface area contributed by atoms with Crippen molar-refractivity contribution >= 4 is 0 Å². The van der Waals surface area contributed by atoms with E-state index in [9.17, 15) is 0 Å². The molecule has 1 aliphatic carbocycles. The maximum Gasteiger partial charge on any atom is 0.101 e. The summed E-state index contributed by atoms with van der Waals surface area (Å²) in [5.41, 5.74) is 0. The minimum atomic E-state index is 0.241. The van der Waals surface area contributed by atoms with Gasteiger partial charge in [0.15, 0.2) is 0 Å². The van der Waals surface area contributed by atoms with Crippen LogP contribution in [0, 0.1) is 17.2 Å². The van der Waals surface area contributed by atoms with Crippen molar-refractivity contribution in [1.29, 1.82) is 5.26 Å². The number of hydrogen-bond donors (Lipinski definition) is 0. The number of nitrogens with zero attached hydrogens (tertiary/aromatic N) is 2. The zero-order chi connectivity index (χ0) is 9.10. The van der Waals surface area contributed by atoms with E-state index in [1.165, 1.54) is 38.5 Å². The highest BCUT2D eigenvalue weighted by atomic mass is 15.2. The molecular weight excluding hydrogens is 160 g/mol. The first-order valence-corrected chi connectivity index (χ1v) is 5.55. The second kappa shape index (κ2) is 4.11. The molecule has 0 amide bonds. The highest BCUT2D eigenvalue weighted by Gasteiger charge is 2.30. The Labute approximate surface area is 80.5 Å². The molecule has 2 fully saturated rings. The summed E-state index contributed by atoms with van der Waals surface area (Å²) in [5.74, 6) is 0.683. The molecule has 2 nitrogen and oxygen atoms in total. The summed E-state index contributed by atoms with van der Waals surface area (Å²) in [6.45, 7) is 2.32.